The molecule has 1 aliphatic rings. The van der Waals surface area contributed by atoms with Crippen molar-refractivity contribution in [1.82, 2.24) is 5.06 Å². The van der Waals surface area contributed by atoms with Crippen LogP contribution in [-0.4, -0.2) is 28.6 Å². The summed E-state index contributed by atoms with van der Waals surface area (Å²) in [6, 6.07) is 16.4. The molecule has 0 radical (unpaired) electrons. The molecule has 1 unspecified atom stereocenters. The van der Waals surface area contributed by atoms with Gasteiger partial charge in [-0.2, -0.15) is 5.06 Å². The summed E-state index contributed by atoms with van der Waals surface area (Å²) in [6.07, 6.45) is -3.25. The number of azide groups is 1. The van der Waals surface area contributed by atoms with Gasteiger partial charge in [-0.05, 0) is 23.2 Å². The second-order valence-corrected chi connectivity index (χ2v) is 5.05. The van der Waals surface area contributed by atoms with Crippen molar-refractivity contribution in [3.63, 3.8) is 0 Å². The lowest BCUT2D eigenvalue weighted by atomic mass is 10.0. The van der Waals surface area contributed by atoms with Crippen molar-refractivity contribution < 1.29 is 19.5 Å². The summed E-state index contributed by atoms with van der Waals surface area (Å²) < 4.78 is 5.24. The van der Waals surface area contributed by atoms with Gasteiger partial charge in [0.15, 0.2) is 6.23 Å². The van der Waals surface area contributed by atoms with Crippen LogP contribution < -0.4 is 4.74 Å². The first-order chi connectivity index (χ1) is 11.7. The molecule has 3 rings (SSSR count). The number of aliphatic hydroxyl groups is 1. The number of carbonyl (C=O) groups excluding carboxylic acids is 1. The molecule has 0 aliphatic carbocycles. The number of aliphatic hydroxyl groups excluding tert-OH is 1. The fraction of sp³-hybridized carbons (Fsp3) is 0.188. The first-order valence-electron chi connectivity index (χ1n) is 7.21. The Balaban J connectivity index is 1.88. The molecule has 24 heavy (non-hydrogen) atoms. The molecule has 2 aromatic rings. The Morgan fingerprint density at radius 3 is 2.42 bits per heavy atom. The molecule has 1 N–H and O–H groups in total. The number of hydroxylamine groups is 2. The Labute approximate surface area is 137 Å². The highest BCUT2D eigenvalue weighted by molar-refractivity contribution is 5.70. The number of nitrogens with zero attached hydrogens (tertiary/aromatic N) is 4. The van der Waals surface area contributed by atoms with Crippen LogP contribution in [0.4, 0.5) is 4.79 Å². The molecule has 1 saturated heterocycles. The molecule has 122 valence electrons. The third-order valence-electron chi connectivity index (χ3n) is 3.52. The molecule has 0 aromatic heterocycles. The lowest BCUT2D eigenvalue weighted by Crippen LogP contribution is -2.34. The summed E-state index contributed by atoms with van der Waals surface area (Å²) in [5.74, 6) is 0.333. The Bertz CT molecular complexity index is 749. The van der Waals surface area contributed by atoms with Crippen LogP contribution in [0.5, 0.6) is 5.75 Å². The second kappa shape index (κ2) is 7.01. The Hall–Kier alpha value is -3.06. The van der Waals surface area contributed by atoms with Gasteiger partial charge in [-0.1, -0.05) is 53.6 Å². The van der Waals surface area contributed by atoms with Gasteiger partial charge in [-0.25, -0.2) is 4.79 Å². The molecule has 0 saturated carbocycles. The number of hydrogen-bond donors (Lipinski definition) is 1. The van der Waals surface area contributed by atoms with E-state index in [0.29, 0.717) is 11.3 Å². The molecule has 1 aliphatic heterocycles. The molecule has 0 bridgehead atoms. The average molecular weight is 326 g/mol. The fourth-order valence-corrected chi connectivity index (χ4v) is 2.45. The lowest BCUT2D eigenvalue weighted by Gasteiger charge is -2.23. The Kier molecular flexibility index (Phi) is 4.62. The van der Waals surface area contributed by atoms with Crippen LogP contribution >= 0.6 is 0 Å². The van der Waals surface area contributed by atoms with Gasteiger partial charge in [-0.3, -0.25) is 4.84 Å². The first kappa shape index (κ1) is 15.8. The monoisotopic (exact) mass is 326 g/mol. The number of carbonyl (C=O) groups is 1. The summed E-state index contributed by atoms with van der Waals surface area (Å²) in [4.78, 5) is 20.4. The zero-order valence-electron chi connectivity index (χ0n) is 12.5. The minimum absolute atomic E-state index is 0.333. The summed E-state index contributed by atoms with van der Waals surface area (Å²) >= 11 is 0. The van der Waals surface area contributed by atoms with Crippen molar-refractivity contribution in [2.75, 3.05) is 0 Å². The maximum Gasteiger partial charge on any atom is 0.440 e. The van der Waals surface area contributed by atoms with Crippen LogP contribution in [0.2, 0.25) is 0 Å². The van der Waals surface area contributed by atoms with Gasteiger partial charge in [0.2, 0.25) is 0 Å². The molecule has 0 spiro atoms. The second-order valence-electron chi connectivity index (χ2n) is 5.05. The number of benzene rings is 2. The molecule has 1 heterocycles. The van der Waals surface area contributed by atoms with Gasteiger partial charge in [0, 0.05) is 4.91 Å². The van der Waals surface area contributed by atoms with Crippen LogP contribution in [0.15, 0.2) is 65.8 Å². The normalized spacial score (nSPS) is 22.7. The fourth-order valence-electron chi connectivity index (χ4n) is 2.45. The van der Waals surface area contributed by atoms with Crippen LogP contribution in [0.1, 0.15) is 11.6 Å². The van der Waals surface area contributed by atoms with Crippen molar-refractivity contribution in [3.8, 4) is 5.75 Å². The van der Waals surface area contributed by atoms with Crippen molar-refractivity contribution >= 4 is 6.09 Å². The summed E-state index contributed by atoms with van der Waals surface area (Å²) in [5.41, 5.74) is 9.22. The summed E-state index contributed by atoms with van der Waals surface area (Å²) in [6.45, 7) is 0. The van der Waals surface area contributed by atoms with E-state index in [2.05, 4.69) is 10.0 Å². The van der Waals surface area contributed by atoms with Crippen molar-refractivity contribution in [2.24, 2.45) is 5.11 Å². The predicted octanol–water partition coefficient (Wildman–Crippen LogP) is 3.17. The highest BCUT2D eigenvalue weighted by Crippen LogP contribution is 2.35. The Morgan fingerprint density at radius 2 is 1.79 bits per heavy atom. The van der Waals surface area contributed by atoms with Crippen molar-refractivity contribution in [3.05, 3.63) is 76.7 Å². The topological polar surface area (TPSA) is 108 Å². The van der Waals surface area contributed by atoms with Crippen LogP contribution in [0.3, 0.4) is 0 Å². The molecular formula is C16H14N4O4. The zero-order valence-corrected chi connectivity index (χ0v) is 12.5. The van der Waals surface area contributed by atoms with Crippen LogP contribution in [0, 0.1) is 0 Å². The van der Waals surface area contributed by atoms with E-state index in [0.717, 1.165) is 5.06 Å². The van der Waals surface area contributed by atoms with E-state index in [-0.39, 0.29) is 0 Å². The zero-order chi connectivity index (χ0) is 16.9. The van der Waals surface area contributed by atoms with E-state index in [1.807, 2.05) is 6.07 Å². The minimum Gasteiger partial charge on any atom is -0.409 e. The van der Waals surface area contributed by atoms with E-state index in [4.69, 9.17) is 15.1 Å². The molecule has 8 nitrogen and oxygen atoms in total. The number of para-hydroxylation sites is 1. The predicted molar refractivity (Wildman–Crippen MR) is 83.5 cm³/mol. The van der Waals surface area contributed by atoms with Gasteiger partial charge in [0.1, 0.15) is 17.9 Å². The third-order valence-corrected chi connectivity index (χ3v) is 3.52. The molecule has 3 atom stereocenters. The van der Waals surface area contributed by atoms with Crippen molar-refractivity contribution in [2.45, 2.75) is 18.4 Å². The van der Waals surface area contributed by atoms with E-state index < -0.39 is 24.5 Å². The molecule has 1 fully saturated rings. The van der Waals surface area contributed by atoms with E-state index >= 15 is 0 Å². The Morgan fingerprint density at radius 1 is 1.17 bits per heavy atom. The summed E-state index contributed by atoms with van der Waals surface area (Å²) in [5, 5.41) is 14.7. The molecular weight excluding hydrogens is 312 g/mol. The highest BCUT2D eigenvalue weighted by atomic mass is 16.8. The van der Waals surface area contributed by atoms with Gasteiger partial charge in [0.05, 0.1) is 0 Å². The van der Waals surface area contributed by atoms with Crippen molar-refractivity contribution in [1.29, 1.82) is 0 Å². The maximum absolute atomic E-state index is 12.4. The molecule has 1 amide bonds. The smallest absolute Gasteiger partial charge is 0.409 e. The highest BCUT2D eigenvalue weighted by Gasteiger charge is 2.46. The van der Waals surface area contributed by atoms with Gasteiger partial charge in [0.25, 0.3) is 0 Å². The van der Waals surface area contributed by atoms with Gasteiger partial charge in [-0.15, -0.1) is 0 Å². The number of amides is 1. The van der Waals surface area contributed by atoms with Gasteiger partial charge >= 0.3 is 6.09 Å². The number of rotatable bonds is 3. The van der Waals surface area contributed by atoms with Crippen LogP contribution in [0.25, 0.3) is 10.4 Å². The van der Waals surface area contributed by atoms with E-state index in [1.165, 1.54) is 0 Å². The minimum atomic E-state index is -1.22. The van der Waals surface area contributed by atoms with E-state index in [9.17, 15) is 9.90 Å². The molecule has 8 heteroatoms. The maximum atomic E-state index is 12.4. The third kappa shape index (κ3) is 3.16. The largest absolute Gasteiger partial charge is 0.440 e. The standard InChI is InChI=1S/C16H14N4O4/c17-19-18-15-14(21)13(11-7-3-1-4-8-11)20(24-15)16(22)23-12-9-5-2-6-10-12/h1-10,13-15,21H/t13-,14-,15?/m1/s1. The first-order valence-corrected chi connectivity index (χ1v) is 7.21. The van der Waals surface area contributed by atoms with Crippen LogP contribution in [-0.2, 0) is 4.84 Å². The quantitative estimate of drug-likeness (QED) is 0.531. The average Bonchev–Trinajstić information content (AvgIpc) is 2.94. The van der Waals surface area contributed by atoms with Gasteiger partial charge < -0.3 is 9.84 Å². The van der Waals surface area contributed by atoms with E-state index in [1.54, 1.807) is 54.6 Å². The number of hydrogen-bond acceptors (Lipinski definition) is 5. The lowest BCUT2D eigenvalue weighted by molar-refractivity contribution is -0.132. The summed E-state index contributed by atoms with van der Waals surface area (Å²) in [7, 11) is 0. The SMILES string of the molecule is [N-]=[N+]=NC1ON(C(=O)Oc2ccccc2)[C@H](c2ccccc2)[C@H]1O. The number of ether oxygens (including phenoxy) is 1. The molecule has 2 aromatic carbocycles.